The van der Waals surface area contributed by atoms with Gasteiger partial charge in [0.05, 0.1) is 0 Å². The predicted octanol–water partition coefficient (Wildman–Crippen LogP) is 4.21. The molecule has 0 saturated heterocycles. The van der Waals surface area contributed by atoms with Gasteiger partial charge in [-0.2, -0.15) is 10.1 Å². The highest BCUT2D eigenvalue weighted by atomic mass is 79.9. The zero-order chi connectivity index (χ0) is 17.3. The number of aliphatic hydroxyl groups is 1. The SMILES string of the molecule is CCC1=NN(C(=O)c2cccc(Br)c2)C(O)(c2ccc(C)cc2)C1. The van der Waals surface area contributed by atoms with Crippen molar-refractivity contribution >= 4 is 27.5 Å². The highest BCUT2D eigenvalue weighted by molar-refractivity contribution is 9.10. The number of halogens is 1. The van der Waals surface area contributed by atoms with E-state index in [0.717, 1.165) is 15.7 Å². The Balaban J connectivity index is 2.03. The minimum absolute atomic E-state index is 0.317. The molecule has 1 atom stereocenters. The Hall–Kier alpha value is -1.98. The molecule has 1 aliphatic heterocycles. The molecule has 1 aliphatic rings. The molecule has 0 bridgehead atoms. The summed E-state index contributed by atoms with van der Waals surface area (Å²) in [5.41, 5.74) is 1.61. The molecule has 0 saturated carbocycles. The van der Waals surface area contributed by atoms with Crippen molar-refractivity contribution < 1.29 is 9.90 Å². The topological polar surface area (TPSA) is 52.9 Å². The van der Waals surface area contributed by atoms with Crippen molar-refractivity contribution in [2.24, 2.45) is 5.10 Å². The van der Waals surface area contributed by atoms with Crippen LogP contribution in [0, 0.1) is 6.92 Å². The zero-order valence-corrected chi connectivity index (χ0v) is 15.2. The quantitative estimate of drug-likeness (QED) is 0.858. The molecule has 0 aliphatic carbocycles. The van der Waals surface area contributed by atoms with Crippen LogP contribution in [-0.4, -0.2) is 21.7 Å². The van der Waals surface area contributed by atoms with Crippen LogP contribution >= 0.6 is 15.9 Å². The van der Waals surface area contributed by atoms with Crippen molar-refractivity contribution in [3.05, 3.63) is 69.7 Å². The summed E-state index contributed by atoms with van der Waals surface area (Å²) < 4.78 is 0.811. The number of benzene rings is 2. The number of carbonyl (C=O) groups is 1. The second-order valence-corrected chi connectivity index (χ2v) is 6.92. The summed E-state index contributed by atoms with van der Waals surface area (Å²) >= 11 is 3.38. The van der Waals surface area contributed by atoms with Gasteiger partial charge in [0.2, 0.25) is 0 Å². The van der Waals surface area contributed by atoms with Crippen LogP contribution in [0.1, 0.15) is 41.3 Å². The van der Waals surface area contributed by atoms with E-state index < -0.39 is 5.72 Å². The van der Waals surface area contributed by atoms with Crippen LogP contribution in [0.4, 0.5) is 0 Å². The molecule has 0 radical (unpaired) electrons. The smallest absolute Gasteiger partial charge is 0.276 e. The third-order valence-electron chi connectivity index (χ3n) is 4.23. The Morgan fingerprint density at radius 1 is 1.29 bits per heavy atom. The van der Waals surface area contributed by atoms with Crippen LogP contribution in [0.15, 0.2) is 58.1 Å². The molecule has 2 aromatic carbocycles. The lowest BCUT2D eigenvalue weighted by atomic mass is 9.95. The van der Waals surface area contributed by atoms with Gasteiger partial charge in [-0.25, -0.2) is 0 Å². The third kappa shape index (κ3) is 3.01. The molecule has 1 amide bonds. The van der Waals surface area contributed by atoms with Gasteiger partial charge in [-0.1, -0.05) is 58.7 Å². The summed E-state index contributed by atoms with van der Waals surface area (Å²) in [7, 11) is 0. The molecular formula is C19H19BrN2O2. The van der Waals surface area contributed by atoms with Gasteiger partial charge in [0.1, 0.15) is 0 Å². The highest BCUT2D eigenvalue weighted by Gasteiger charge is 2.45. The van der Waals surface area contributed by atoms with Crippen molar-refractivity contribution in [2.75, 3.05) is 0 Å². The Kier molecular flexibility index (Phi) is 4.56. The summed E-state index contributed by atoms with van der Waals surface area (Å²) in [4.78, 5) is 13.0. The maximum atomic E-state index is 13.0. The van der Waals surface area contributed by atoms with Crippen LogP contribution in [-0.2, 0) is 5.72 Å². The first-order valence-electron chi connectivity index (χ1n) is 7.90. The van der Waals surface area contributed by atoms with Crippen molar-refractivity contribution in [2.45, 2.75) is 32.4 Å². The number of amides is 1. The summed E-state index contributed by atoms with van der Waals surface area (Å²) in [5, 5.41) is 16.9. The molecule has 5 heteroatoms. The standard InChI is InChI=1S/C19H19BrN2O2/c1-3-17-12-19(24,15-9-7-13(2)8-10-15)22(21-17)18(23)14-5-4-6-16(20)11-14/h4-11,24H,3,12H2,1-2H3. The molecule has 4 nitrogen and oxygen atoms in total. The molecule has 3 rings (SSSR count). The second-order valence-electron chi connectivity index (χ2n) is 6.01. The van der Waals surface area contributed by atoms with Crippen molar-refractivity contribution in [3.8, 4) is 0 Å². The number of aryl methyl sites for hydroxylation is 1. The lowest BCUT2D eigenvalue weighted by Gasteiger charge is -2.31. The predicted molar refractivity (Wildman–Crippen MR) is 97.7 cm³/mol. The number of hydrogen-bond donors (Lipinski definition) is 1. The Bertz CT molecular complexity index is 801. The molecule has 24 heavy (non-hydrogen) atoms. The fourth-order valence-corrected chi connectivity index (χ4v) is 3.22. The molecule has 1 heterocycles. The number of carbonyl (C=O) groups excluding carboxylic acids is 1. The molecule has 0 spiro atoms. The van der Waals surface area contributed by atoms with Gasteiger partial charge in [-0.05, 0) is 31.5 Å². The average molecular weight is 387 g/mol. The van der Waals surface area contributed by atoms with E-state index in [2.05, 4.69) is 21.0 Å². The lowest BCUT2D eigenvalue weighted by molar-refractivity contribution is -0.0765. The minimum atomic E-state index is -1.45. The van der Waals surface area contributed by atoms with E-state index in [-0.39, 0.29) is 5.91 Å². The fraction of sp³-hybridized carbons (Fsp3) is 0.263. The first kappa shape index (κ1) is 16.9. The number of rotatable bonds is 3. The van der Waals surface area contributed by atoms with Crippen LogP contribution in [0.3, 0.4) is 0 Å². The van der Waals surface area contributed by atoms with Gasteiger partial charge in [-0.3, -0.25) is 4.79 Å². The van der Waals surface area contributed by atoms with Crippen LogP contribution in [0.2, 0.25) is 0 Å². The van der Waals surface area contributed by atoms with E-state index in [1.807, 2.05) is 44.2 Å². The summed E-state index contributed by atoms with van der Waals surface area (Å²) in [5.74, 6) is -0.317. The van der Waals surface area contributed by atoms with Gasteiger partial charge < -0.3 is 5.11 Å². The normalized spacial score (nSPS) is 20.2. The van der Waals surface area contributed by atoms with Crippen LogP contribution in [0.25, 0.3) is 0 Å². The van der Waals surface area contributed by atoms with Crippen LogP contribution in [0.5, 0.6) is 0 Å². The molecule has 1 unspecified atom stereocenters. The van der Waals surface area contributed by atoms with Crippen molar-refractivity contribution in [1.29, 1.82) is 0 Å². The van der Waals surface area contributed by atoms with E-state index in [9.17, 15) is 9.90 Å². The van der Waals surface area contributed by atoms with Gasteiger partial charge in [0.25, 0.3) is 5.91 Å². The summed E-state index contributed by atoms with van der Waals surface area (Å²) in [6.45, 7) is 3.96. The Morgan fingerprint density at radius 3 is 2.62 bits per heavy atom. The molecule has 1 N–H and O–H groups in total. The highest BCUT2D eigenvalue weighted by Crippen LogP contribution is 2.37. The maximum Gasteiger partial charge on any atom is 0.276 e. The minimum Gasteiger partial charge on any atom is -0.365 e. The largest absolute Gasteiger partial charge is 0.365 e. The van der Waals surface area contributed by atoms with E-state index in [1.165, 1.54) is 5.01 Å². The molecule has 0 aromatic heterocycles. The zero-order valence-electron chi connectivity index (χ0n) is 13.7. The number of hydrazone groups is 1. The Morgan fingerprint density at radius 2 is 2.00 bits per heavy atom. The first-order valence-corrected chi connectivity index (χ1v) is 8.69. The lowest BCUT2D eigenvalue weighted by Crippen LogP contribution is -2.43. The van der Waals surface area contributed by atoms with E-state index in [4.69, 9.17) is 0 Å². The fourth-order valence-electron chi connectivity index (χ4n) is 2.82. The maximum absolute atomic E-state index is 13.0. The molecule has 2 aromatic rings. The number of hydrogen-bond acceptors (Lipinski definition) is 3. The summed E-state index contributed by atoms with van der Waals surface area (Å²) in [6.07, 6.45) is 1.02. The van der Waals surface area contributed by atoms with Crippen molar-refractivity contribution in [3.63, 3.8) is 0 Å². The molecular weight excluding hydrogens is 368 g/mol. The molecule has 124 valence electrons. The third-order valence-corrected chi connectivity index (χ3v) is 4.72. The Labute approximate surface area is 149 Å². The van der Waals surface area contributed by atoms with Crippen LogP contribution < -0.4 is 0 Å². The first-order chi connectivity index (χ1) is 11.4. The van der Waals surface area contributed by atoms with Gasteiger partial charge >= 0.3 is 0 Å². The second kappa shape index (κ2) is 6.49. The number of nitrogens with zero attached hydrogens (tertiary/aromatic N) is 2. The van der Waals surface area contributed by atoms with E-state index in [1.54, 1.807) is 18.2 Å². The van der Waals surface area contributed by atoms with Crippen molar-refractivity contribution in [1.82, 2.24) is 5.01 Å². The summed E-state index contributed by atoms with van der Waals surface area (Å²) in [6, 6.07) is 14.7. The van der Waals surface area contributed by atoms with E-state index in [0.29, 0.717) is 24.0 Å². The van der Waals surface area contributed by atoms with Gasteiger partial charge in [0.15, 0.2) is 5.72 Å². The van der Waals surface area contributed by atoms with E-state index >= 15 is 0 Å². The van der Waals surface area contributed by atoms with Gasteiger partial charge in [0, 0.05) is 27.7 Å². The average Bonchev–Trinajstić information content (AvgIpc) is 2.93. The molecule has 0 fully saturated rings. The monoisotopic (exact) mass is 386 g/mol. The van der Waals surface area contributed by atoms with Gasteiger partial charge in [-0.15, -0.1) is 0 Å².